The summed E-state index contributed by atoms with van der Waals surface area (Å²) in [6, 6.07) is 7.27. The first-order valence-electron chi connectivity index (χ1n) is 7.31. The van der Waals surface area contributed by atoms with Gasteiger partial charge < -0.3 is 5.11 Å². The van der Waals surface area contributed by atoms with Crippen LogP contribution in [0.25, 0.3) is 0 Å². The first-order valence-corrected chi connectivity index (χ1v) is 8.75. The number of sulfonamides is 1. The highest BCUT2D eigenvalue weighted by atomic mass is 32.2. The minimum atomic E-state index is -3.35. The minimum Gasteiger partial charge on any atom is -0.396 e. The zero-order chi connectivity index (χ0) is 14.6. The van der Waals surface area contributed by atoms with Crippen molar-refractivity contribution in [1.29, 1.82) is 0 Å². The largest absolute Gasteiger partial charge is 0.396 e. The van der Waals surface area contributed by atoms with Gasteiger partial charge >= 0.3 is 0 Å². The molecule has 1 aromatic carbocycles. The lowest BCUT2D eigenvalue weighted by molar-refractivity contribution is 0.288. The molecule has 0 amide bonds. The van der Waals surface area contributed by atoms with E-state index < -0.39 is 10.0 Å². The van der Waals surface area contributed by atoms with Gasteiger partial charge in [0.05, 0.1) is 4.90 Å². The van der Waals surface area contributed by atoms with Gasteiger partial charge in [0.15, 0.2) is 0 Å². The van der Waals surface area contributed by atoms with Crippen molar-refractivity contribution < 1.29 is 13.5 Å². The molecule has 1 aliphatic carbocycles. The topological polar surface area (TPSA) is 57.6 Å². The summed E-state index contributed by atoms with van der Waals surface area (Å²) in [5.74, 6) is 0. The van der Waals surface area contributed by atoms with Gasteiger partial charge in [-0.25, -0.2) is 8.42 Å². The summed E-state index contributed by atoms with van der Waals surface area (Å²) in [6.07, 6.45) is 4.28. The second-order valence-corrected chi connectivity index (χ2v) is 7.21. The Labute approximate surface area is 121 Å². The fourth-order valence-electron chi connectivity index (χ4n) is 2.33. The van der Waals surface area contributed by atoms with Gasteiger partial charge in [0, 0.05) is 19.2 Å². The second kappa shape index (κ2) is 6.70. The molecule has 2 rings (SSSR count). The predicted molar refractivity (Wildman–Crippen MR) is 79.1 cm³/mol. The van der Waals surface area contributed by atoms with Crippen molar-refractivity contribution >= 4 is 10.0 Å². The van der Waals surface area contributed by atoms with Crippen LogP contribution >= 0.6 is 0 Å². The Hall–Kier alpha value is -0.910. The van der Waals surface area contributed by atoms with Crippen LogP contribution in [0.2, 0.25) is 0 Å². The van der Waals surface area contributed by atoms with E-state index in [9.17, 15) is 8.42 Å². The molecule has 0 unspecified atom stereocenters. The summed E-state index contributed by atoms with van der Waals surface area (Å²) in [6.45, 7) is 2.76. The van der Waals surface area contributed by atoms with Gasteiger partial charge in [-0.1, -0.05) is 19.1 Å². The van der Waals surface area contributed by atoms with E-state index in [4.69, 9.17) is 5.11 Å². The van der Waals surface area contributed by atoms with Crippen molar-refractivity contribution in [2.24, 2.45) is 0 Å². The van der Waals surface area contributed by atoms with Crippen molar-refractivity contribution in [3.05, 3.63) is 29.8 Å². The minimum absolute atomic E-state index is 0.159. The smallest absolute Gasteiger partial charge is 0.243 e. The quantitative estimate of drug-likeness (QED) is 0.800. The van der Waals surface area contributed by atoms with E-state index in [1.807, 2.05) is 19.1 Å². The summed E-state index contributed by atoms with van der Waals surface area (Å²) in [4.78, 5) is 0.380. The summed E-state index contributed by atoms with van der Waals surface area (Å²) < 4.78 is 26.9. The molecule has 0 bridgehead atoms. The van der Waals surface area contributed by atoms with E-state index in [-0.39, 0.29) is 12.6 Å². The molecule has 4 nitrogen and oxygen atoms in total. The van der Waals surface area contributed by atoms with Crippen molar-refractivity contribution in [2.75, 3.05) is 13.2 Å². The molecule has 1 fully saturated rings. The van der Waals surface area contributed by atoms with Crippen LogP contribution in [0.3, 0.4) is 0 Å². The maximum atomic E-state index is 12.6. The van der Waals surface area contributed by atoms with E-state index >= 15 is 0 Å². The second-order valence-electron chi connectivity index (χ2n) is 5.32. The number of aliphatic hydroxyl groups excluding tert-OH is 1. The highest BCUT2D eigenvalue weighted by Gasteiger charge is 2.37. The molecular weight excluding hydrogens is 274 g/mol. The van der Waals surface area contributed by atoms with Gasteiger partial charge in [-0.15, -0.1) is 0 Å². The van der Waals surface area contributed by atoms with E-state index in [1.54, 1.807) is 16.4 Å². The van der Waals surface area contributed by atoms with Gasteiger partial charge in [0.2, 0.25) is 10.0 Å². The van der Waals surface area contributed by atoms with Gasteiger partial charge in [-0.3, -0.25) is 0 Å². The number of hydrogen-bond donors (Lipinski definition) is 1. The van der Waals surface area contributed by atoms with Crippen LogP contribution < -0.4 is 0 Å². The number of benzene rings is 1. The van der Waals surface area contributed by atoms with Crippen LogP contribution in [0.15, 0.2) is 29.2 Å². The van der Waals surface area contributed by atoms with E-state index in [0.717, 1.165) is 31.2 Å². The average molecular weight is 297 g/mol. The molecule has 0 heterocycles. The summed E-state index contributed by atoms with van der Waals surface area (Å²) >= 11 is 0. The Morgan fingerprint density at radius 1 is 1.25 bits per heavy atom. The monoisotopic (exact) mass is 297 g/mol. The third-order valence-corrected chi connectivity index (χ3v) is 5.52. The molecule has 0 aromatic heterocycles. The molecule has 0 saturated heterocycles. The number of hydrogen-bond acceptors (Lipinski definition) is 3. The first kappa shape index (κ1) is 15.5. The number of nitrogens with zero attached hydrogens (tertiary/aromatic N) is 1. The lowest BCUT2D eigenvalue weighted by Gasteiger charge is -2.21. The lowest BCUT2D eigenvalue weighted by atomic mass is 10.1. The van der Waals surface area contributed by atoms with Crippen LogP contribution in [0, 0.1) is 0 Å². The van der Waals surface area contributed by atoms with Crippen molar-refractivity contribution in [1.82, 2.24) is 4.31 Å². The number of rotatable bonds is 8. The number of aryl methyl sites for hydroxylation is 1. The Morgan fingerprint density at radius 3 is 2.40 bits per heavy atom. The summed E-state index contributed by atoms with van der Waals surface area (Å²) in [5, 5.41) is 8.81. The maximum Gasteiger partial charge on any atom is 0.243 e. The molecule has 0 aliphatic heterocycles. The Balaban J connectivity index is 2.15. The SMILES string of the molecule is CCCN(C1CC1)S(=O)(=O)c1ccc(CCCO)cc1. The standard InChI is InChI=1S/C15H23NO3S/c1-2-11-16(14-7-8-14)20(18,19)15-9-5-13(6-10-15)4-3-12-17/h5-6,9-10,14,17H,2-4,7-8,11-12H2,1H3. The highest BCUT2D eigenvalue weighted by molar-refractivity contribution is 7.89. The Kier molecular flexibility index (Phi) is 5.18. The third-order valence-electron chi connectivity index (χ3n) is 3.55. The summed E-state index contributed by atoms with van der Waals surface area (Å²) in [7, 11) is -3.35. The third kappa shape index (κ3) is 3.59. The van der Waals surface area contributed by atoms with Crippen molar-refractivity contribution in [3.8, 4) is 0 Å². The average Bonchev–Trinajstić information content (AvgIpc) is 3.27. The Bertz CT molecular complexity index is 521. The molecule has 0 atom stereocenters. The molecule has 5 heteroatoms. The Morgan fingerprint density at radius 2 is 1.90 bits per heavy atom. The molecule has 112 valence electrons. The van der Waals surface area contributed by atoms with Gasteiger partial charge in [-0.05, 0) is 49.8 Å². The fraction of sp³-hybridized carbons (Fsp3) is 0.600. The van der Waals surface area contributed by atoms with E-state index in [1.165, 1.54) is 0 Å². The van der Waals surface area contributed by atoms with Crippen molar-refractivity contribution in [2.45, 2.75) is 50.0 Å². The summed E-state index contributed by atoms with van der Waals surface area (Å²) in [5.41, 5.74) is 1.06. The van der Waals surface area contributed by atoms with Crippen LogP contribution in [0.1, 0.15) is 38.2 Å². The molecular formula is C15H23NO3S. The predicted octanol–water partition coefficient (Wildman–Crippen LogP) is 2.17. The van der Waals surface area contributed by atoms with E-state index in [0.29, 0.717) is 17.9 Å². The molecule has 1 aliphatic rings. The normalized spacial score (nSPS) is 15.8. The first-order chi connectivity index (χ1) is 9.59. The molecule has 0 radical (unpaired) electrons. The van der Waals surface area contributed by atoms with E-state index in [2.05, 4.69) is 0 Å². The van der Waals surface area contributed by atoms with Crippen LogP contribution in [0.4, 0.5) is 0 Å². The molecule has 1 aromatic rings. The molecule has 0 spiro atoms. The van der Waals surface area contributed by atoms with Crippen LogP contribution in [-0.2, 0) is 16.4 Å². The molecule has 1 saturated carbocycles. The van der Waals surface area contributed by atoms with Crippen molar-refractivity contribution in [3.63, 3.8) is 0 Å². The van der Waals surface area contributed by atoms with Crippen LogP contribution in [0.5, 0.6) is 0 Å². The zero-order valence-corrected chi connectivity index (χ0v) is 12.8. The van der Waals surface area contributed by atoms with Gasteiger partial charge in [0.1, 0.15) is 0 Å². The van der Waals surface area contributed by atoms with Gasteiger partial charge in [-0.2, -0.15) is 4.31 Å². The fourth-order valence-corrected chi connectivity index (χ4v) is 4.11. The van der Waals surface area contributed by atoms with Gasteiger partial charge in [0.25, 0.3) is 0 Å². The van der Waals surface area contributed by atoms with Crippen LogP contribution in [-0.4, -0.2) is 37.0 Å². The maximum absolute atomic E-state index is 12.6. The molecule has 1 N–H and O–H groups in total. The molecule has 20 heavy (non-hydrogen) atoms. The number of aliphatic hydroxyl groups is 1. The highest BCUT2D eigenvalue weighted by Crippen LogP contribution is 2.32. The zero-order valence-electron chi connectivity index (χ0n) is 12.0. The lowest BCUT2D eigenvalue weighted by Crippen LogP contribution is -2.33.